The van der Waals surface area contributed by atoms with Gasteiger partial charge in [-0.25, -0.2) is 0 Å². The maximum Gasteiger partial charge on any atom is 0.307 e. The summed E-state index contributed by atoms with van der Waals surface area (Å²) in [7, 11) is 0. The van der Waals surface area contributed by atoms with Gasteiger partial charge in [0.2, 0.25) is 12.7 Å². The molecule has 1 amide bonds. The predicted octanol–water partition coefficient (Wildman–Crippen LogP) is 2.80. The summed E-state index contributed by atoms with van der Waals surface area (Å²) >= 11 is 0. The minimum absolute atomic E-state index is 0.166. The van der Waals surface area contributed by atoms with Gasteiger partial charge in [-0.2, -0.15) is 0 Å². The second-order valence-electron chi connectivity index (χ2n) is 6.08. The van der Waals surface area contributed by atoms with E-state index in [0.717, 1.165) is 11.1 Å². The Balaban J connectivity index is 1.77. The minimum Gasteiger partial charge on any atom is -0.481 e. The molecule has 0 radical (unpaired) electrons. The normalized spacial score (nSPS) is 22.9. The Morgan fingerprint density at radius 2 is 1.74 bits per heavy atom. The van der Waals surface area contributed by atoms with E-state index in [1.54, 1.807) is 18.2 Å². The van der Waals surface area contributed by atoms with E-state index in [0.29, 0.717) is 30.0 Å². The lowest BCUT2D eigenvalue weighted by Gasteiger charge is -2.29. The average molecular weight is 317 g/mol. The molecule has 0 unspecified atom stereocenters. The van der Waals surface area contributed by atoms with Gasteiger partial charge in [-0.05, 0) is 38.8 Å². The number of hydrogen-bond donors (Lipinski definition) is 2. The van der Waals surface area contributed by atoms with Gasteiger partial charge in [-0.3, -0.25) is 9.59 Å². The number of ether oxygens (including phenoxy) is 2. The monoisotopic (exact) mass is 317 g/mol. The summed E-state index contributed by atoms with van der Waals surface area (Å²) in [4.78, 5) is 24.1. The van der Waals surface area contributed by atoms with E-state index < -0.39 is 17.8 Å². The number of aliphatic carboxylic acids is 1. The highest BCUT2D eigenvalue weighted by molar-refractivity contribution is 5.95. The summed E-state index contributed by atoms with van der Waals surface area (Å²) in [5.41, 5.74) is 2.73. The first-order valence-electron chi connectivity index (χ1n) is 7.54. The van der Waals surface area contributed by atoms with E-state index in [4.69, 9.17) is 9.47 Å². The van der Waals surface area contributed by atoms with Crippen LogP contribution in [0.4, 0.5) is 5.69 Å². The van der Waals surface area contributed by atoms with Gasteiger partial charge in [0.25, 0.3) is 0 Å². The Kier molecular flexibility index (Phi) is 3.98. The summed E-state index contributed by atoms with van der Waals surface area (Å²) in [5.74, 6) is -1.24. The molecule has 2 atom stereocenters. The Hall–Kier alpha value is -2.50. The van der Waals surface area contributed by atoms with Gasteiger partial charge in [0, 0.05) is 11.8 Å². The second kappa shape index (κ2) is 5.95. The molecule has 2 aliphatic rings. The zero-order valence-corrected chi connectivity index (χ0v) is 13.1. The molecule has 1 heterocycles. The Morgan fingerprint density at radius 3 is 2.43 bits per heavy atom. The maximum atomic E-state index is 12.6. The van der Waals surface area contributed by atoms with Gasteiger partial charge in [0.05, 0.1) is 11.8 Å². The topological polar surface area (TPSA) is 84.9 Å². The molecule has 23 heavy (non-hydrogen) atoms. The molecular weight excluding hydrogens is 298 g/mol. The minimum atomic E-state index is -0.928. The third-order valence-corrected chi connectivity index (χ3v) is 4.56. The van der Waals surface area contributed by atoms with Crippen LogP contribution in [0.25, 0.3) is 0 Å². The van der Waals surface area contributed by atoms with E-state index >= 15 is 0 Å². The average Bonchev–Trinajstić information content (AvgIpc) is 2.96. The Labute approximate surface area is 134 Å². The quantitative estimate of drug-likeness (QED) is 0.837. The molecule has 6 heteroatoms. The number of carboxylic acids is 1. The molecule has 0 spiro atoms. The number of allylic oxidation sites excluding steroid dienone is 2. The Morgan fingerprint density at radius 1 is 1.09 bits per heavy atom. The number of nitrogens with one attached hydrogen (secondary N) is 1. The van der Waals surface area contributed by atoms with Crippen LogP contribution in [-0.2, 0) is 9.59 Å². The van der Waals surface area contributed by atoms with Crippen LogP contribution in [0.2, 0.25) is 0 Å². The van der Waals surface area contributed by atoms with Crippen LogP contribution >= 0.6 is 0 Å². The predicted molar refractivity (Wildman–Crippen MR) is 83.4 cm³/mol. The third-order valence-electron chi connectivity index (χ3n) is 4.56. The van der Waals surface area contributed by atoms with Gasteiger partial charge >= 0.3 is 5.97 Å². The lowest BCUT2D eigenvalue weighted by atomic mass is 9.76. The molecule has 3 rings (SSSR count). The van der Waals surface area contributed by atoms with E-state index in [1.807, 2.05) is 13.8 Å². The number of carbonyl (C=O) groups excluding carboxylic acids is 1. The van der Waals surface area contributed by atoms with Crippen LogP contribution in [0, 0.1) is 11.8 Å². The standard InChI is InChI=1S/C17H19NO5/c1-9-5-12(13(17(20)21)6-10(9)2)16(19)18-11-3-4-14-15(7-11)23-8-22-14/h3-4,7,12-13H,5-6,8H2,1-2H3,(H,18,19)(H,20,21)/t12-,13+/m0/s1. The molecule has 6 nitrogen and oxygen atoms in total. The van der Waals surface area contributed by atoms with Gasteiger partial charge in [0.1, 0.15) is 0 Å². The van der Waals surface area contributed by atoms with Crippen LogP contribution in [0.15, 0.2) is 29.3 Å². The molecule has 0 saturated carbocycles. The first-order chi connectivity index (χ1) is 11.0. The summed E-state index contributed by atoms with van der Waals surface area (Å²) in [6, 6.07) is 5.13. The lowest BCUT2D eigenvalue weighted by Crippen LogP contribution is -2.36. The Bertz CT molecular complexity index is 694. The number of hydrogen-bond acceptors (Lipinski definition) is 4. The van der Waals surface area contributed by atoms with Crippen molar-refractivity contribution in [2.75, 3.05) is 12.1 Å². The molecule has 1 aliphatic carbocycles. The molecule has 0 fully saturated rings. The SMILES string of the molecule is CC1=C(C)C[C@@H](C(=O)O)[C@@H](C(=O)Nc2ccc3c(c2)OCO3)C1. The van der Waals surface area contributed by atoms with Crippen LogP contribution in [0.1, 0.15) is 26.7 Å². The zero-order valence-electron chi connectivity index (χ0n) is 13.1. The first kappa shape index (κ1) is 15.4. The number of fused-ring (bicyclic) bond motifs is 1. The maximum absolute atomic E-state index is 12.6. The van der Waals surface area contributed by atoms with Crippen molar-refractivity contribution in [2.45, 2.75) is 26.7 Å². The summed E-state index contributed by atoms with van der Waals surface area (Å²) < 4.78 is 10.5. The van der Waals surface area contributed by atoms with Gasteiger partial charge in [-0.15, -0.1) is 0 Å². The highest BCUT2D eigenvalue weighted by Gasteiger charge is 2.37. The lowest BCUT2D eigenvalue weighted by molar-refractivity contribution is -0.146. The number of anilines is 1. The van der Waals surface area contributed by atoms with Crippen molar-refractivity contribution in [3.8, 4) is 11.5 Å². The van der Waals surface area contributed by atoms with E-state index in [1.165, 1.54) is 0 Å². The molecule has 0 saturated heterocycles. The van der Waals surface area contributed by atoms with Crippen molar-refractivity contribution >= 4 is 17.6 Å². The molecule has 1 aliphatic heterocycles. The highest BCUT2D eigenvalue weighted by atomic mass is 16.7. The second-order valence-corrected chi connectivity index (χ2v) is 6.08. The molecule has 0 aromatic heterocycles. The van der Waals surface area contributed by atoms with E-state index in [2.05, 4.69) is 5.32 Å². The van der Waals surface area contributed by atoms with Crippen LogP contribution < -0.4 is 14.8 Å². The van der Waals surface area contributed by atoms with E-state index in [9.17, 15) is 14.7 Å². The number of amides is 1. The van der Waals surface area contributed by atoms with Crippen LogP contribution in [0.3, 0.4) is 0 Å². The molecule has 1 aromatic rings. The molecular formula is C17H19NO5. The smallest absolute Gasteiger partial charge is 0.307 e. The number of rotatable bonds is 3. The first-order valence-corrected chi connectivity index (χ1v) is 7.54. The molecule has 2 N–H and O–H groups in total. The van der Waals surface area contributed by atoms with Gasteiger partial charge in [-0.1, -0.05) is 11.1 Å². The number of benzene rings is 1. The van der Waals surface area contributed by atoms with Crippen molar-refractivity contribution in [2.24, 2.45) is 11.8 Å². The van der Waals surface area contributed by atoms with Crippen molar-refractivity contribution in [1.29, 1.82) is 0 Å². The van der Waals surface area contributed by atoms with Crippen molar-refractivity contribution in [3.63, 3.8) is 0 Å². The zero-order chi connectivity index (χ0) is 16.6. The fourth-order valence-corrected chi connectivity index (χ4v) is 3.04. The fourth-order valence-electron chi connectivity index (χ4n) is 3.04. The van der Waals surface area contributed by atoms with Crippen LogP contribution in [0.5, 0.6) is 11.5 Å². The van der Waals surface area contributed by atoms with Gasteiger partial charge in [0.15, 0.2) is 11.5 Å². The summed E-state index contributed by atoms with van der Waals surface area (Å²) in [6.07, 6.45) is 0.888. The number of carbonyl (C=O) groups is 2. The summed E-state index contributed by atoms with van der Waals surface area (Å²) in [6.45, 7) is 4.05. The molecule has 1 aromatic carbocycles. The van der Waals surface area contributed by atoms with E-state index in [-0.39, 0.29) is 12.7 Å². The van der Waals surface area contributed by atoms with Crippen LogP contribution in [-0.4, -0.2) is 23.8 Å². The van der Waals surface area contributed by atoms with Gasteiger partial charge < -0.3 is 19.9 Å². The van der Waals surface area contributed by atoms with Crippen molar-refractivity contribution in [1.82, 2.24) is 0 Å². The van der Waals surface area contributed by atoms with Crippen molar-refractivity contribution < 1.29 is 24.2 Å². The summed E-state index contributed by atoms with van der Waals surface area (Å²) in [5, 5.41) is 12.2. The largest absolute Gasteiger partial charge is 0.481 e. The highest BCUT2D eigenvalue weighted by Crippen LogP contribution is 2.37. The number of carboxylic acid groups (broad SMARTS) is 1. The third kappa shape index (κ3) is 3.02. The molecule has 122 valence electrons. The van der Waals surface area contributed by atoms with Crippen molar-refractivity contribution in [3.05, 3.63) is 29.3 Å². The fraction of sp³-hybridized carbons (Fsp3) is 0.412. The molecule has 0 bridgehead atoms.